The molecule has 3 nitrogen and oxygen atoms in total. The Morgan fingerprint density at radius 2 is 1.77 bits per heavy atom. The van der Waals surface area contributed by atoms with Crippen LogP contribution in [0.1, 0.15) is 67.3 Å². The first kappa shape index (κ1) is 15.0. The maximum atomic E-state index is 12.5. The van der Waals surface area contributed by atoms with Crippen molar-refractivity contribution in [2.24, 2.45) is 5.41 Å². The second-order valence-corrected chi connectivity index (χ2v) is 7.51. The lowest BCUT2D eigenvalue weighted by Gasteiger charge is -2.29. The van der Waals surface area contributed by atoms with E-state index in [-0.39, 0.29) is 11.2 Å². The number of ketones is 1. The van der Waals surface area contributed by atoms with Crippen molar-refractivity contribution in [3.05, 3.63) is 46.8 Å². The zero-order chi connectivity index (χ0) is 16.1. The minimum atomic E-state index is 0.00613. The molecule has 2 aromatic rings. The van der Waals surface area contributed by atoms with E-state index in [1.54, 1.807) is 0 Å². The molecule has 0 unspecified atom stereocenters. The fourth-order valence-electron chi connectivity index (χ4n) is 3.35. The molecule has 1 aliphatic carbocycles. The van der Waals surface area contributed by atoms with Gasteiger partial charge >= 0.3 is 0 Å². The molecule has 1 aromatic carbocycles. The number of carbonyl (C=O) groups is 1. The highest BCUT2D eigenvalue weighted by molar-refractivity contribution is 5.99. The first-order valence-corrected chi connectivity index (χ1v) is 8.00. The zero-order valence-electron chi connectivity index (χ0n) is 14.1. The summed E-state index contributed by atoms with van der Waals surface area (Å²) in [6.07, 6.45) is 1.50. The Hall–Kier alpha value is -1.90. The predicted molar refractivity (Wildman–Crippen MR) is 88.8 cm³/mol. The molecule has 1 aliphatic rings. The summed E-state index contributed by atoms with van der Waals surface area (Å²) in [5.74, 6) is 0.747. The van der Waals surface area contributed by atoms with Gasteiger partial charge in [-0.05, 0) is 42.4 Å². The van der Waals surface area contributed by atoms with Crippen molar-refractivity contribution < 1.29 is 4.79 Å². The molecule has 0 atom stereocenters. The van der Waals surface area contributed by atoms with Crippen LogP contribution in [0.5, 0.6) is 0 Å². The largest absolute Gasteiger partial charge is 0.294 e. The van der Waals surface area contributed by atoms with Gasteiger partial charge in [-0.1, -0.05) is 39.8 Å². The fourth-order valence-corrected chi connectivity index (χ4v) is 3.35. The van der Waals surface area contributed by atoms with E-state index in [1.165, 1.54) is 5.56 Å². The number of hydrogen-bond donors (Lipinski definition) is 0. The maximum absolute atomic E-state index is 12.5. The zero-order valence-corrected chi connectivity index (χ0v) is 14.1. The lowest BCUT2D eigenvalue weighted by atomic mass is 9.75. The van der Waals surface area contributed by atoms with Crippen LogP contribution < -0.4 is 0 Å². The molecule has 1 aromatic heterocycles. The van der Waals surface area contributed by atoms with Gasteiger partial charge in [0.1, 0.15) is 0 Å². The summed E-state index contributed by atoms with van der Waals surface area (Å²) in [5.41, 5.74) is 5.12. The van der Waals surface area contributed by atoms with Gasteiger partial charge in [0.25, 0.3) is 0 Å². The first-order chi connectivity index (χ1) is 10.3. The van der Waals surface area contributed by atoms with Crippen LogP contribution in [0.2, 0.25) is 0 Å². The number of aromatic nitrogens is 2. The predicted octanol–water partition coefficient (Wildman–Crippen LogP) is 4.46. The number of Topliss-reactive ketones (excluding diaryl/α,β-unsaturated/α-hetero) is 1. The molecule has 0 fully saturated rings. The highest BCUT2D eigenvalue weighted by Crippen LogP contribution is 2.37. The number of nitrogens with zero attached hydrogens (tertiary/aromatic N) is 2. The molecular formula is C19H24N2O. The van der Waals surface area contributed by atoms with Gasteiger partial charge in [-0.2, -0.15) is 5.10 Å². The highest BCUT2D eigenvalue weighted by Gasteiger charge is 2.35. The van der Waals surface area contributed by atoms with E-state index in [4.69, 9.17) is 0 Å². The summed E-state index contributed by atoms with van der Waals surface area (Å²) < 4.78 is 1.97. The normalized spacial score (nSPS) is 16.9. The maximum Gasteiger partial charge on any atom is 0.167 e. The van der Waals surface area contributed by atoms with E-state index in [0.717, 1.165) is 29.1 Å². The van der Waals surface area contributed by atoms with Crippen LogP contribution in [-0.4, -0.2) is 15.6 Å². The summed E-state index contributed by atoms with van der Waals surface area (Å²) in [6.45, 7) is 10.6. The van der Waals surface area contributed by atoms with Gasteiger partial charge in [-0.15, -0.1) is 0 Å². The van der Waals surface area contributed by atoms with Crippen molar-refractivity contribution >= 4 is 5.78 Å². The summed E-state index contributed by atoms with van der Waals surface area (Å²) in [7, 11) is 0. The van der Waals surface area contributed by atoms with Crippen LogP contribution in [0.25, 0.3) is 5.69 Å². The molecule has 3 heteroatoms. The van der Waals surface area contributed by atoms with E-state index in [1.807, 2.05) is 11.6 Å². The van der Waals surface area contributed by atoms with E-state index < -0.39 is 0 Å². The third-order valence-electron chi connectivity index (χ3n) is 4.52. The number of rotatable bonds is 2. The Balaban J connectivity index is 2.09. The van der Waals surface area contributed by atoms with Crippen LogP contribution in [0.4, 0.5) is 0 Å². The SMILES string of the molecule is Cc1nn(-c2ccc(C(C)C)cc2)c2c1C(=O)CC(C)(C)C2. The molecule has 22 heavy (non-hydrogen) atoms. The van der Waals surface area contributed by atoms with Gasteiger partial charge in [0.05, 0.1) is 22.6 Å². The standard InChI is InChI=1S/C19H24N2O/c1-12(2)14-6-8-15(9-7-14)21-16-10-19(4,5)11-17(22)18(16)13(3)20-21/h6-9,12H,10-11H2,1-5H3. The van der Waals surface area contributed by atoms with Crippen molar-refractivity contribution in [1.82, 2.24) is 9.78 Å². The first-order valence-electron chi connectivity index (χ1n) is 8.00. The van der Waals surface area contributed by atoms with Crippen LogP contribution in [-0.2, 0) is 6.42 Å². The van der Waals surface area contributed by atoms with Crippen molar-refractivity contribution in [3.8, 4) is 5.69 Å². The van der Waals surface area contributed by atoms with Crippen LogP contribution >= 0.6 is 0 Å². The molecule has 0 N–H and O–H groups in total. The highest BCUT2D eigenvalue weighted by atomic mass is 16.1. The summed E-state index contributed by atoms with van der Waals surface area (Å²) in [6, 6.07) is 8.51. The Kier molecular flexibility index (Phi) is 3.47. The third kappa shape index (κ3) is 2.49. The molecule has 0 aliphatic heterocycles. The Labute approximate surface area is 132 Å². The Bertz CT molecular complexity index is 721. The number of carbonyl (C=O) groups excluding carboxylic acids is 1. The molecule has 3 rings (SSSR count). The van der Waals surface area contributed by atoms with Gasteiger partial charge < -0.3 is 0 Å². The van der Waals surface area contributed by atoms with E-state index >= 15 is 0 Å². The molecule has 0 amide bonds. The minimum absolute atomic E-state index is 0.00613. The van der Waals surface area contributed by atoms with Gasteiger partial charge in [0.15, 0.2) is 5.78 Å². The molecular weight excluding hydrogens is 272 g/mol. The van der Waals surface area contributed by atoms with E-state index in [9.17, 15) is 4.79 Å². The second kappa shape index (κ2) is 5.08. The average molecular weight is 296 g/mol. The number of benzene rings is 1. The van der Waals surface area contributed by atoms with Crippen molar-refractivity contribution in [1.29, 1.82) is 0 Å². The van der Waals surface area contributed by atoms with Gasteiger partial charge in [0, 0.05) is 6.42 Å². The molecule has 0 radical (unpaired) electrons. The Morgan fingerprint density at radius 3 is 2.36 bits per heavy atom. The van der Waals surface area contributed by atoms with Crippen molar-refractivity contribution in [2.45, 2.75) is 53.4 Å². The van der Waals surface area contributed by atoms with Gasteiger partial charge in [-0.3, -0.25) is 4.79 Å². The van der Waals surface area contributed by atoms with Crippen LogP contribution in [0, 0.1) is 12.3 Å². The lowest BCUT2D eigenvalue weighted by Crippen LogP contribution is -2.28. The second-order valence-electron chi connectivity index (χ2n) is 7.51. The smallest absolute Gasteiger partial charge is 0.167 e. The third-order valence-corrected chi connectivity index (χ3v) is 4.52. The van der Waals surface area contributed by atoms with E-state index in [0.29, 0.717) is 12.3 Å². The fraction of sp³-hybridized carbons (Fsp3) is 0.474. The molecule has 116 valence electrons. The minimum Gasteiger partial charge on any atom is -0.294 e. The molecule has 0 saturated heterocycles. The quantitative estimate of drug-likeness (QED) is 0.820. The number of fused-ring (bicyclic) bond motifs is 1. The van der Waals surface area contributed by atoms with Gasteiger partial charge in [0.2, 0.25) is 0 Å². The lowest BCUT2D eigenvalue weighted by molar-refractivity contribution is 0.0910. The average Bonchev–Trinajstić information content (AvgIpc) is 2.74. The molecule has 1 heterocycles. The summed E-state index contributed by atoms with van der Waals surface area (Å²) in [4.78, 5) is 12.5. The van der Waals surface area contributed by atoms with Crippen molar-refractivity contribution in [2.75, 3.05) is 0 Å². The van der Waals surface area contributed by atoms with Gasteiger partial charge in [-0.25, -0.2) is 4.68 Å². The Morgan fingerprint density at radius 1 is 1.14 bits per heavy atom. The van der Waals surface area contributed by atoms with Crippen molar-refractivity contribution in [3.63, 3.8) is 0 Å². The summed E-state index contributed by atoms with van der Waals surface area (Å²) >= 11 is 0. The topological polar surface area (TPSA) is 34.9 Å². The van der Waals surface area contributed by atoms with E-state index in [2.05, 4.69) is 57.1 Å². The van der Waals surface area contributed by atoms with Crippen LogP contribution in [0.3, 0.4) is 0 Å². The monoisotopic (exact) mass is 296 g/mol. The molecule has 0 spiro atoms. The molecule has 0 bridgehead atoms. The molecule has 0 saturated carbocycles. The number of hydrogen-bond acceptors (Lipinski definition) is 2. The number of aryl methyl sites for hydroxylation is 1. The van der Waals surface area contributed by atoms with Crippen LogP contribution in [0.15, 0.2) is 24.3 Å². The summed E-state index contributed by atoms with van der Waals surface area (Å²) in [5, 5.41) is 4.65.